The number of hydrogen-bond donors (Lipinski definition) is 1. The fraction of sp³-hybridized carbons (Fsp3) is 0.333. The molecule has 0 fully saturated rings. The van der Waals surface area contributed by atoms with Crippen molar-refractivity contribution in [3.8, 4) is 0 Å². The summed E-state index contributed by atoms with van der Waals surface area (Å²) in [7, 11) is 0. The van der Waals surface area contributed by atoms with E-state index in [0.29, 0.717) is 22.6 Å². The molecule has 0 spiro atoms. The zero-order valence-corrected chi connectivity index (χ0v) is 14.6. The third-order valence-corrected chi connectivity index (χ3v) is 4.53. The van der Waals surface area contributed by atoms with Crippen LogP contribution in [0.4, 0.5) is 33.3 Å². The van der Waals surface area contributed by atoms with Gasteiger partial charge in [-0.2, -0.15) is 27.1 Å². The second kappa shape index (κ2) is 7.61. The Bertz CT molecular complexity index is 860. The van der Waals surface area contributed by atoms with Crippen LogP contribution in [0.1, 0.15) is 17.8 Å². The van der Waals surface area contributed by atoms with E-state index in [1.54, 1.807) is 4.90 Å². The van der Waals surface area contributed by atoms with Crippen LogP contribution in [0, 0.1) is 5.92 Å². The maximum atomic E-state index is 13.3. The molecule has 0 saturated heterocycles. The summed E-state index contributed by atoms with van der Waals surface area (Å²) in [5.74, 6) is -0.637. The molecule has 3 rings (SSSR count). The highest BCUT2D eigenvalue weighted by Crippen LogP contribution is 2.38. The molecule has 10 heteroatoms. The summed E-state index contributed by atoms with van der Waals surface area (Å²) in [5.41, 5.74) is 0.291. The van der Waals surface area contributed by atoms with Crippen LogP contribution < -0.4 is 10.2 Å². The molecule has 1 atom stereocenters. The van der Waals surface area contributed by atoms with E-state index in [2.05, 4.69) is 17.0 Å². The van der Waals surface area contributed by atoms with Crippen LogP contribution in [-0.2, 0) is 17.4 Å². The highest BCUT2D eigenvalue weighted by Gasteiger charge is 2.33. The van der Waals surface area contributed by atoms with Crippen molar-refractivity contribution in [2.45, 2.75) is 19.1 Å². The average molecular weight is 400 g/mol. The Morgan fingerprint density at radius 2 is 2.00 bits per heavy atom. The minimum absolute atomic E-state index is 0.204. The zero-order chi connectivity index (χ0) is 20.5. The number of nitrogens with one attached hydrogen (secondary N) is 1. The maximum Gasteiger partial charge on any atom is 0.416 e. The van der Waals surface area contributed by atoms with Crippen LogP contribution >= 0.6 is 0 Å². The number of benzene rings is 1. The minimum atomic E-state index is -4.47. The SMILES string of the molecule is C=CC(=O)NC[C@H]1Cc2c(cnn2C(F)F)N(c2ccc(C(F)(F)F)cc2)C1. The number of rotatable bonds is 5. The van der Waals surface area contributed by atoms with Gasteiger partial charge in [-0.15, -0.1) is 0 Å². The number of hydrogen-bond acceptors (Lipinski definition) is 3. The number of fused-ring (bicyclic) bond motifs is 1. The molecule has 0 radical (unpaired) electrons. The molecule has 0 bridgehead atoms. The molecule has 2 heterocycles. The second-order valence-electron chi connectivity index (χ2n) is 6.37. The minimum Gasteiger partial charge on any atom is -0.352 e. The first-order chi connectivity index (χ1) is 13.2. The van der Waals surface area contributed by atoms with E-state index in [-0.39, 0.29) is 24.6 Å². The Kier molecular flexibility index (Phi) is 5.39. The molecule has 1 aliphatic rings. The van der Waals surface area contributed by atoms with Crippen molar-refractivity contribution < 1.29 is 26.7 Å². The van der Waals surface area contributed by atoms with Gasteiger partial charge in [-0.05, 0) is 42.7 Å². The maximum absolute atomic E-state index is 13.3. The van der Waals surface area contributed by atoms with Crippen molar-refractivity contribution >= 4 is 17.3 Å². The van der Waals surface area contributed by atoms with Gasteiger partial charge in [0.25, 0.3) is 0 Å². The standard InChI is InChI=1S/C18H17F5N4O/c1-2-16(28)24-8-11-7-14-15(9-25-27(14)17(19)20)26(10-11)13-5-3-12(4-6-13)18(21,22)23/h2-6,9,11,17H,1,7-8,10H2,(H,24,28)/t11-/m1/s1. The molecule has 0 saturated carbocycles. The zero-order valence-electron chi connectivity index (χ0n) is 14.6. The summed E-state index contributed by atoms with van der Waals surface area (Å²) in [6.45, 7) is 1.03. The van der Waals surface area contributed by atoms with E-state index < -0.39 is 24.2 Å². The topological polar surface area (TPSA) is 50.2 Å². The number of amides is 1. The molecule has 0 unspecified atom stereocenters. The molecule has 2 aromatic rings. The molecule has 1 aromatic carbocycles. The number of anilines is 2. The van der Waals surface area contributed by atoms with Crippen molar-refractivity contribution in [2.75, 3.05) is 18.0 Å². The molecule has 1 N–H and O–H groups in total. The van der Waals surface area contributed by atoms with E-state index in [9.17, 15) is 26.7 Å². The van der Waals surface area contributed by atoms with E-state index in [1.807, 2.05) is 0 Å². The number of nitrogens with zero attached hydrogens (tertiary/aromatic N) is 3. The number of halogens is 5. The monoisotopic (exact) mass is 400 g/mol. The van der Waals surface area contributed by atoms with Gasteiger partial charge in [0, 0.05) is 18.8 Å². The van der Waals surface area contributed by atoms with Crippen LogP contribution in [-0.4, -0.2) is 28.8 Å². The summed E-state index contributed by atoms with van der Waals surface area (Å²) < 4.78 is 65.6. The van der Waals surface area contributed by atoms with Gasteiger partial charge in [-0.25, -0.2) is 4.68 Å². The van der Waals surface area contributed by atoms with Gasteiger partial charge in [-0.3, -0.25) is 4.79 Å². The lowest BCUT2D eigenvalue weighted by Crippen LogP contribution is -2.39. The fourth-order valence-electron chi connectivity index (χ4n) is 3.19. The largest absolute Gasteiger partial charge is 0.416 e. The average Bonchev–Trinajstić information content (AvgIpc) is 3.09. The third-order valence-electron chi connectivity index (χ3n) is 4.53. The summed E-state index contributed by atoms with van der Waals surface area (Å²) in [5, 5.41) is 6.34. The molecular formula is C18H17F5N4O. The Labute approximate surface area is 157 Å². The van der Waals surface area contributed by atoms with Gasteiger partial charge in [0.05, 0.1) is 23.1 Å². The molecule has 5 nitrogen and oxygen atoms in total. The lowest BCUT2D eigenvalue weighted by atomic mass is 9.96. The highest BCUT2D eigenvalue weighted by atomic mass is 19.4. The molecule has 1 aliphatic heterocycles. The first-order valence-corrected chi connectivity index (χ1v) is 8.40. The summed E-state index contributed by atoms with van der Waals surface area (Å²) >= 11 is 0. The predicted molar refractivity (Wildman–Crippen MR) is 92.3 cm³/mol. The quantitative estimate of drug-likeness (QED) is 0.612. The van der Waals surface area contributed by atoms with E-state index in [4.69, 9.17) is 0 Å². The van der Waals surface area contributed by atoms with Gasteiger partial charge >= 0.3 is 12.7 Å². The number of carbonyl (C=O) groups is 1. The third kappa shape index (κ3) is 4.00. The Hall–Kier alpha value is -2.91. The van der Waals surface area contributed by atoms with Crippen LogP contribution in [0.3, 0.4) is 0 Å². The van der Waals surface area contributed by atoms with E-state index in [0.717, 1.165) is 18.2 Å². The Morgan fingerprint density at radius 1 is 1.32 bits per heavy atom. The number of alkyl halides is 5. The lowest BCUT2D eigenvalue weighted by Gasteiger charge is -2.34. The van der Waals surface area contributed by atoms with Crippen LogP contribution in [0.25, 0.3) is 0 Å². The van der Waals surface area contributed by atoms with E-state index in [1.165, 1.54) is 18.3 Å². The molecule has 0 aliphatic carbocycles. The van der Waals surface area contributed by atoms with Crippen LogP contribution in [0.2, 0.25) is 0 Å². The van der Waals surface area contributed by atoms with Crippen LogP contribution in [0.5, 0.6) is 0 Å². The number of carbonyl (C=O) groups excluding carboxylic acids is 1. The summed E-state index contributed by atoms with van der Waals surface area (Å²) in [4.78, 5) is 13.1. The Balaban J connectivity index is 1.93. The van der Waals surface area contributed by atoms with Crippen LogP contribution in [0.15, 0.2) is 43.1 Å². The first-order valence-electron chi connectivity index (χ1n) is 8.40. The van der Waals surface area contributed by atoms with Gasteiger partial charge in [0.15, 0.2) is 0 Å². The van der Waals surface area contributed by atoms with Gasteiger partial charge in [-0.1, -0.05) is 6.58 Å². The number of aromatic nitrogens is 2. The van der Waals surface area contributed by atoms with Crippen molar-refractivity contribution in [1.29, 1.82) is 0 Å². The Morgan fingerprint density at radius 3 is 2.57 bits per heavy atom. The molecule has 150 valence electrons. The van der Waals surface area contributed by atoms with Crippen molar-refractivity contribution in [3.63, 3.8) is 0 Å². The predicted octanol–water partition coefficient (Wildman–Crippen LogP) is 3.91. The van der Waals surface area contributed by atoms with Crippen molar-refractivity contribution in [1.82, 2.24) is 15.1 Å². The first kappa shape index (κ1) is 19.8. The van der Waals surface area contributed by atoms with Gasteiger partial charge in [0.1, 0.15) is 0 Å². The van der Waals surface area contributed by atoms with Gasteiger partial charge < -0.3 is 10.2 Å². The summed E-state index contributed by atoms with van der Waals surface area (Å²) in [6, 6.07) is 4.46. The second-order valence-corrected chi connectivity index (χ2v) is 6.37. The van der Waals surface area contributed by atoms with Crippen molar-refractivity contribution in [2.24, 2.45) is 5.92 Å². The lowest BCUT2D eigenvalue weighted by molar-refractivity contribution is -0.137. The van der Waals surface area contributed by atoms with E-state index >= 15 is 0 Å². The fourth-order valence-corrected chi connectivity index (χ4v) is 3.19. The molecule has 1 aromatic heterocycles. The highest BCUT2D eigenvalue weighted by molar-refractivity contribution is 5.86. The summed E-state index contributed by atoms with van der Waals surface area (Å²) in [6.07, 6.45) is -1.85. The smallest absolute Gasteiger partial charge is 0.352 e. The molecule has 28 heavy (non-hydrogen) atoms. The van der Waals surface area contributed by atoms with Gasteiger partial charge in [0.2, 0.25) is 5.91 Å². The normalized spacial score (nSPS) is 16.8. The molecule has 1 amide bonds. The molecular weight excluding hydrogens is 383 g/mol. The van der Waals surface area contributed by atoms with Crippen molar-refractivity contribution in [3.05, 3.63) is 54.4 Å².